The number of hydrogen-bond donors (Lipinski definition) is 0. The summed E-state index contributed by atoms with van der Waals surface area (Å²) in [6.45, 7) is 4.59. The van der Waals surface area contributed by atoms with Crippen molar-refractivity contribution in [1.82, 2.24) is 0 Å². The van der Waals surface area contributed by atoms with Gasteiger partial charge in [0, 0.05) is 17.3 Å². The van der Waals surface area contributed by atoms with Crippen LogP contribution in [0.15, 0.2) is 22.6 Å². The molecule has 1 aliphatic carbocycles. The second kappa shape index (κ2) is 3.91. The summed E-state index contributed by atoms with van der Waals surface area (Å²) in [4.78, 5) is 1.77. The molecule has 1 heteroatoms. The molecule has 1 fully saturated rings. The minimum atomic E-state index is 0.665. The van der Waals surface area contributed by atoms with E-state index < -0.39 is 0 Å². The Bertz CT molecular complexity index is 244. The van der Waals surface area contributed by atoms with Gasteiger partial charge in [-0.05, 0) is 31.8 Å². The van der Waals surface area contributed by atoms with Gasteiger partial charge < -0.3 is 0 Å². The van der Waals surface area contributed by atoms with Crippen LogP contribution in [0.25, 0.3) is 0 Å². The molecule has 1 unspecified atom stereocenters. The molecule has 0 radical (unpaired) electrons. The summed E-state index contributed by atoms with van der Waals surface area (Å²) in [5.74, 6) is 3.74. The van der Waals surface area contributed by atoms with Crippen molar-refractivity contribution in [3.8, 4) is 0 Å². The van der Waals surface area contributed by atoms with Crippen molar-refractivity contribution >= 4 is 10.9 Å². The predicted octanol–water partition coefficient (Wildman–Crippen LogP) is 3.27. The molecule has 1 atom stereocenters. The highest BCUT2D eigenvalue weighted by atomic mass is 32.2. The summed E-state index contributed by atoms with van der Waals surface area (Å²) in [6.07, 6.45) is 9.13. The first kappa shape index (κ1) is 9.39. The van der Waals surface area contributed by atoms with E-state index >= 15 is 0 Å². The quantitative estimate of drug-likeness (QED) is 0.563. The van der Waals surface area contributed by atoms with Crippen LogP contribution in [0.5, 0.6) is 0 Å². The van der Waals surface area contributed by atoms with Gasteiger partial charge in [-0.2, -0.15) is 0 Å². The SMILES string of the molecule is CC1=CC(C)CC([S+]2CCCC2)=C1. The molecule has 2 rings (SSSR count). The Balaban J connectivity index is 2.10. The lowest BCUT2D eigenvalue weighted by molar-refractivity contribution is 0.721. The lowest BCUT2D eigenvalue weighted by atomic mass is 9.99. The van der Waals surface area contributed by atoms with Gasteiger partial charge in [-0.3, -0.25) is 0 Å². The van der Waals surface area contributed by atoms with Crippen molar-refractivity contribution in [1.29, 1.82) is 0 Å². The maximum atomic E-state index is 2.45. The first-order valence-corrected chi connectivity index (χ1v) is 6.88. The average molecular weight is 195 g/mol. The van der Waals surface area contributed by atoms with Gasteiger partial charge in [-0.1, -0.05) is 18.6 Å². The van der Waals surface area contributed by atoms with Crippen LogP contribution < -0.4 is 0 Å². The lowest BCUT2D eigenvalue weighted by Crippen LogP contribution is -2.12. The van der Waals surface area contributed by atoms with Crippen molar-refractivity contribution in [2.75, 3.05) is 11.5 Å². The van der Waals surface area contributed by atoms with Gasteiger partial charge in [-0.25, -0.2) is 0 Å². The van der Waals surface area contributed by atoms with E-state index in [1.54, 1.807) is 4.91 Å². The topological polar surface area (TPSA) is 0 Å². The number of hydrogen-bond acceptors (Lipinski definition) is 0. The van der Waals surface area contributed by atoms with Crippen molar-refractivity contribution in [2.45, 2.75) is 33.1 Å². The zero-order valence-electron chi connectivity index (χ0n) is 8.68. The largest absolute Gasteiger partial charge is 0.132 e. The maximum Gasteiger partial charge on any atom is 0.132 e. The van der Waals surface area contributed by atoms with Crippen molar-refractivity contribution in [2.24, 2.45) is 5.92 Å². The molecule has 1 aliphatic heterocycles. The monoisotopic (exact) mass is 195 g/mol. The van der Waals surface area contributed by atoms with E-state index in [4.69, 9.17) is 0 Å². The first-order valence-electron chi connectivity index (χ1n) is 5.32. The third-order valence-electron chi connectivity index (χ3n) is 2.86. The molecule has 0 aromatic heterocycles. The summed E-state index contributed by atoms with van der Waals surface area (Å²) in [5, 5.41) is 0. The molecule has 0 aromatic carbocycles. The maximum absolute atomic E-state index is 2.45. The number of allylic oxidation sites excluding steroid dienone is 4. The van der Waals surface area contributed by atoms with Crippen LogP contribution in [-0.2, 0) is 10.9 Å². The third-order valence-corrected chi connectivity index (χ3v) is 5.45. The Morgan fingerprint density at radius 3 is 2.62 bits per heavy atom. The van der Waals surface area contributed by atoms with Gasteiger partial charge in [0.1, 0.15) is 16.4 Å². The van der Waals surface area contributed by atoms with Gasteiger partial charge in [-0.15, -0.1) is 0 Å². The lowest BCUT2D eigenvalue weighted by Gasteiger charge is -2.15. The van der Waals surface area contributed by atoms with Crippen LogP contribution in [0.3, 0.4) is 0 Å². The van der Waals surface area contributed by atoms with E-state index in [2.05, 4.69) is 26.0 Å². The summed E-state index contributed by atoms with van der Waals surface area (Å²) in [5.41, 5.74) is 1.49. The van der Waals surface area contributed by atoms with E-state index in [9.17, 15) is 0 Å². The summed E-state index contributed by atoms with van der Waals surface area (Å²) < 4.78 is 0. The van der Waals surface area contributed by atoms with E-state index in [0.29, 0.717) is 10.9 Å². The Kier molecular flexibility index (Phi) is 2.83. The molecule has 0 nitrogen and oxygen atoms in total. The molecule has 13 heavy (non-hydrogen) atoms. The Hall–Kier alpha value is -0.170. The molecule has 0 spiro atoms. The normalized spacial score (nSPS) is 30.2. The highest BCUT2D eigenvalue weighted by Gasteiger charge is 2.30. The van der Waals surface area contributed by atoms with Crippen LogP contribution in [-0.4, -0.2) is 11.5 Å². The summed E-state index contributed by atoms with van der Waals surface area (Å²) in [7, 11) is 0.665. The molecule has 1 heterocycles. The Morgan fingerprint density at radius 2 is 2.00 bits per heavy atom. The molecular weight excluding hydrogens is 176 g/mol. The second-order valence-corrected chi connectivity index (χ2v) is 6.64. The van der Waals surface area contributed by atoms with Gasteiger partial charge in [0.15, 0.2) is 0 Å². The van der Waals surface area contributed by atoms with Crippen LogP contribution >= 0.6 is 0 Å². The van der Waals surface area contributed by atoms with Crippen molar-refractivity contribution < 1.29 is 0 Å². The molecule has 1 saturated heterocycles. The van der Waals surface area contributed by atoms with Crippen LogP contribution in [0.1, 0.15) is 33.1 Å². The van der Waals surface area contributed by atoms with E-state index in [1.807, 2.05) is 0 Å². The highest BCUT2D eigenvalue weighted by molar-refractivity contribution is 8.00. The smallest absolute Gasteiger partial charge is 0.0781 e. The Morgan fingerprint density at radius 1 is 1.31 bits per heavy atom. The predicted molar refractivity (Wildman–Crippen MR) is 62.0 cm³/mol. The molecule has 0 amide bonds. The molecular formula is C12H19S+. The van der Waals surface area contributed by atoms with E-state index in [1.165, 1.54) is 36.3 Å². The molecule has 2 aliphatic rings. The summed E-state index contributed by atoms with van der Waals surface area (Å²) >= 11 is 0. The molecule has 0 N–H and O–H groups in total. The highest BCUT2D eigenvalue weighted by Crippen LogP contribution is 2.31. The minimum Gasteiger partial charge on any atom is -0.0781 e. The van der Waals surface area contributed by atoms with E-state index in [-0.39, 0.29) is 0 Å². The van der Waals surface area contributed by atoms with Crippen molar-refractivity contribution in [3.05, 3.63) is 22.6 Å². The van der Waals surface area contributed by atoms with Crippen LogP contribution in [0.2, 0.25) is 0 Å². The summed E-state index contributed by atoms with van der Waals surface area (Å²) in [6, 6.07) is 0. The van der Waals surface area contributed by atoms with Crippen LogP contribution in [0.4, 0.5) is 0 Å². The van der Waals surface area contributed by atoms with Gasteiger partial charge in [0.25, 0.3) is 0 Å². The Labute approximate surface area is 84.5 Å². The standard InChI is InChI=1S/C12H19S/c1-10-7-11(2)9-12(8-10)13-5-3-4-6-13/h7-8,11H,3-6,9H2,1-2H3/q+1. The zero-order valence-corrected chi connectivity index (χ0v) is 9.49. The molecule has 72 valence electrons. The molecule has 0 saturated carbocycles. The van der Waals surface area contributed by atoms with Gasteiger partial charge in [0.2, 0.25) is 0 Å². The average Bonchev–Trinajstić information content (AvgIpc) is 2.53. The van der Waals surface area contributed by atoms with Gasteiger partial charge in [0.05, 0.1) is 0 Å². The second-order valence-electron chi connectivity index (χ2n) is 4.31. The first-order chi connectivity index (χ1) is 6.25. The van der Waals surface area contributed by atoms with E-state index in [0.717, 1.165) is 5.92 Å². The fourth-order valence-electron chi connectivity index (χ4n) is 2.30. The minimum absolute atomic E-state index is 0.665. The molecule has 0 bridgehead atoms. The van der Waals surface area contributed by atoms with Crippen molar-refractivity contribution in [3.63, 3.8) is 0 Å². The number of rotatable bonds is 1. The molecule has 0 aromatic rings. The fourth-order valence-corrected chi connectivity index (χ4v) is 4.99. The fraction of sp³-hybridized carbons (Fsp3) is 0.667. The zero-order chi connectivity index (χ0) is 9.26. The van der Waals surface area contributed by atoms with Gasteiger partial charge >= 0.3 is 0 Å². The van der Waals surface area contributed by atoms with Crippen LogP contribution in [0, 0.1) is 5.92 Å². The third kappa shape index (κ3) is 2.19.